The van der Waals surface area contributed by atoms with Crippen molar-refractivity contribution in [3.8, 4) is 0 Å². The van der Waals surface area contributed by atoms with Crippen molar-refractivity contribution in [1.82, 2.24) is 10.3 Å². The molecule has 7 nitrogen and oxygen atoms in total. The number of ether oxygens (including phenoxy) is 1. The standard InChI is InChI=1S/C13H18ClN3O4/c1-4-21-7-11(8(2)3)16-13(18)10-5-9(17(19)20)6-15-12(10)14/h5-6,8,11H,4,7H2,1-3H3,(H,16,18). The first-order chi connectivity index (χ1) is 9.86. The minimum atomic E-state index is -0.625. The van der Waals surface area contributed by atoms with Crippen molar-refractivity contribution in [2.45, 2.75) is 26.8 Å². The molecule has 0 spiro atoms. The monoisotopic (exact) mass is 315 g/mol. The molecule has 0 bridgehead atoms. The van der Waals surface area contributed by atoms with E-state index in [0.717, 1.165) is 12.3 Å². The number of carbonyl (C=O) groups excluding carboxylic acids is 1. The third-order valence-corrected chi connectivity index (χ3v) is 3.20. The molecule has 1 atom stereocenters. The summed E-state index contributed by atoms with van der Waals surface area (Å²) in [7, 11) is 0. The Kier molecular flexibility index (Phi) is 6.51. The van der Waals surface area contributed by atoms with Crippen LogP contribution in [0.5, 0.6) is 0 Å². The molecule has 1 aromatic heterocycles. The molecular weight excluding hydrogens is 298 g/mol. The van der Waals surface area contributed by atoms with E-state index in [1.165, 1.54) is 0 Å². The van der Waals surface area contributed by atoms with Gasteiger partial charge in [0.1, 0.15) is 11.3 Å². The maximum Gasteiger partial charge on any atom is 0.288 e. The summed E-state index contributed by atoms with van der Waals surface area (Å²) in [6, 6.07) is 0.899. The van der Waals surface area contributed by atoms with Crippen LogP contribution >= 0.6 is 11.6 Å². The number of nitrogens with zero attached hydrogens (tertiary/aromatic N) is 2. The topological polar surface area (TPSA) is 94.4 Å². The molecule has 1 unspecified atom stereocenters. The fourth-order valence-electron chi connectivity index (χ4n) is 1.59. The maximum absolute atomic E-state index is 12.2. The van der Waals surface area contributed by atoms with Crippen LogP contribution in [0.25, 0.3) is 0 Å². The molecular formula is C13H18ClN3O4. The lowest BCUT2D eigenvalue weighted by Gasteiger charge is -2.22. The second-order valence-electron chi connectivity index (χ2n) is 4.77. The van der Waals surface area contributed by atoms with Gasteiger partial charge >= 0.3 is 0 Å². The molecule has 0 fully saturated rings. The van der Waals surface area contributed by atoms with E-state index in [1.54, 1.807) is 0 Å². The minimum Gasteiger partial charge on any atom is -0.380 e. The summed E-state index contributed by atoms with van der Waals surface area (Å²) in [6.07, 6.45) is 1.01. The molecule has 0 aliphatic rings. The zero-order chi connectivity index (χ0) is 16.0. The Labute approximate surface area is 127 Å². The van der Waals surface area contributed by atoms with Crippen molar-refractivity contribution in [3.05, 3.63) is 33.1 Å². The van der Waals surface area contributed by atoms with Gasteiger partial charge in [0, 0.05) is 12.7 Å². The van der Waals surface area contributed by atoms with Crippen molar-refractivity contribution >= 4 is 23.2 Å². The van der Waals surface area contributed by atoms with E-state index in [2.05, 4.69) is 10.3 Å². The number of carbonyl (C=O) groups is 1. The molecule has 1 aromatic rings. The molecule has 0 saturated carbocycles. The Bertz CT molecular complexity index is 522. The largest absolute Gasteiger partial charge is 0.380 e. The van der Waals surface area contributed by atoms with Crippen LogP contribution in [0.15, 0.2) is 12.3 Å². The van der Waals surface area contributed by atoms with E-state index in [0.29, 0.717) is 13.2 Å². The molecule has 1 heterocycles. The fourth-order valence-corrected chi connectivity index (χ4v) is 1.78. The summed E-state index contributed by atoms with van der Waals surface area (Å²) in [5, 5.41) is 13.4. The van der Waals surface area contributed by atoms with Gasteiger partial charge in [0.05, 0.1) is 23.1 Å². The molecule has 1 rings (SSSR count). The van der Waals surface area contributed by atoms with E-state index < -0.39 is 10.8 Å². The summed E-state index contributed by atoms with van der Waals surface area (Å²) < 4.78 is 5.31. The molecule has 1 amide bonds. The summed E-state index contributed by atoms with van der Waals surface area (Å²) >= 11 is 5.84. The fraction of sp³-hybridized carbons (Fsp3) is 0.538. The zero-order valence-electron chi connectivity index (χ0n) is 12.1. The van der Waals surface area contributed by atoms with Crippen LogP contribution in [0.3, 0.4) is 0 Å². The normalized spacial score (nSPS) is 12.2. The predicted octanol–water partition coefficient (Wildman–Crippen LogP) is 2.43. The van der Waals surface area contributed by atoms with Gasteiger partial charge in [-0.2, -0.15) is 0 Å². The van der Waals surface area contributed by atoms with Crippen LogP contribution in [-0.2, 0) is 4.74 Å². The van der Waals surface area contributed by atoms with E-state index >= 15 is 0 Å². The zero-order valence-corrected chi connectivity index (χ0v) is 12.9. The van der Waals surface area contributed by atoms with Crippen LogP contribution in [0.4, 0.5) is 5.69 Å². The number of hydrogen-bond donors (Lipinski definition) is 1. The highest BCUT2D eigenvalue weighted by atomic mass is 35.5. The highest BCUT2D eigenvalue weighted by Crippen LogP contribution is 2.19. The van der Waals surface area contributed by atoms with E-state index in [-0.39, 0.29) is 28.4 Å². The number of nitro groups is 1. The van der Waals surface area contributed by atoms with Crippen LogP contribution in [-0.4, -0.2) is 35.1 Å². The molecule has 0 radical (unpaired) electrons. The van der Waals surface area contributed by atoms with E-state index in [1.807, 2.05) is 20.8 Å². The van der Waals surface area contributed by atoms with Crippen molar-refractivity contribution in [2.75, 3.05) is 13.2 Å². The molecule has 0 aromatic carbocycles. The molecule has 0 saturated heterocycles. The van der Waals surface area contributed by atoms with Crippen LogP contribution in [0.2, 0.25) is 5.15 Å². The van der Waals surface area contributed by atoms with E-state index in [4.69, 9.17) is 16.3 Å². The summed E-state index contributed by atoms with van der Waals surface area (Å²) in [6.45, 7) is 6.65. The number of halogens is 1. The third kappa shape index (κ3) is 4.95. The van der Waals surface area contributed by atoms with Gasteiger partial charge in [-0.05, 0) is 12.8 Å². The highest BCUT2D eigenvalue weighted by molar-refractivity contribution is 6.32. The van der Waals surface area contributed by atoms with Crippen LogP contribution < -0.4 is 5.32 Å². The van der Waals surface area contributed by atoms with Gasteiger partial charge in [0.2, 0.25) is 0 Å². The Morgan fingerprint density at radius 2 is 2.24 bits per heavy atom. The first-order valence-electron chi connectivity index (χ1n) is 6.55. The Balaban J connectivity index is 2.91. The van der Waals surface area contributed by atoms with Gasteiger partial charge < -0.3 is 10.1 Å². The summed E-state index contributed by atoms with van der Waals surface area (Å²) in [5.41, 5.74) is -0.302. The first kappa shape index (κ1) is 17.3. The van der Waals surface area contributed by atoms with Gasteiger partial charge in [-0.25, -0.2) is 4.98 Å². The van der Waals surface area contributed by atoms with Gasteiger partial charge in [-0.15, -0.1) is 0 Å². The van der Waals surface area contributed by atoms with E-state index in [9.17, 15) is 14.9 Å². The van der Waals surface area contributed by atoms with Crippen molar-refractivity contribution in [1.29, 1.82) is 0 Å². The average Bonchev–Trinajstić information content (AvgIpc) is 2.42. The summed E-state index contributed by atoms with van der Waals surface area (Å²) in [5.74, 6) is -0.361. The van der Waals surface area contributed by atoms with Crippen molar-refractivity contribution in [2.24, 2.45) is 5.92 Å². The Morgan fingerprint density at radius 1 is 1.57 bits per heavy atom. The molecule has 8 heteroatoms. The number of aromatic nitrogens is 1. The van der Waals surface area contributed by atoms with Crippen molar-refractivity contribution in [3.63, 3.8) is 0 Å². The molecule has 0 aliphatic heterocycles. The molecule has 116 valence electrons. The Hall–Kier alpha value is -1.73. The third-order valence-electron chi connectivity index (χ3n) is 2.90. The number of amides is 1. The second kappa shape index (κ2) is 7.90. The highest BCUT2D eigenvalue weighted by Gasteiger charge is 2.21. The number of hydrogen-bond acceptors (Lipinski definition) is 5. The molecule has 1 N–H and O–H groups in total. The quantitative estimate of drug-likeness (QED) is 0.474. The summed E-state index contributed by atoms with van der Waals surface area (Å²) in [4.78, 5) is 26.0. The average molecular weight is 316 g/mol. The molecule has 21 heavy (non-hydrogen) atoms. The van der Waals surface area contributed by atoms with Gasteiger partial charge in [0.15, 0.2) is 0 Å². The lowest BCUT2D eigenvalue weighted by molar-refractivity contribution is -0.385. The molecule has 0 aliphatic carbocycles. The number of pyridine rings is 1. The second-order valence-corrected chi connectivity index (χ2v) is 5.13. The number of rotatable bonds is 7. The maximum atomic E-state index is 12.2. The first-order valence-corrected chi connectivity index (χ1v) is 6.93. The Morgan fingerprint density at radius 3 is 2.76 bits per heavy atom. The minimum absolute atomic E-state index is 0.0204. The predicted molar refractivity (Wildman–Crippen MR) is 78.5 cm³/mol. The van der Waals surface area contributed by atoms with Crippen LogP contribution in [0, 0.1) is 16.0 Å². The van der Waals surface area contributed by atoms with Crippen molar-refractivity contribution < 1.29 is 14.5 Å². The SMILES string of the molecule is CCOCC(NC(=O)c1cc([N+](=O)[O-])cnc1Cl)C(C)C. The van der Waals surface area contributed by atoms with Gasteiger partial charge in [0.25, 0.3) is 11.6 Å². The smallest absolute Gasteiger partial charge is 0.288 e. The lowest BCUT2D eigenvalue weighted by atomic mass is 10.0. The number of nitrogens with one attached hydrogen (secondary N) is 1. The van der Waals surface area contributed by atoms with Gasteiger partial charge in [-0.1, -0.05) is 25.4 Å². The van der Waals surface area contributed by atoms with Gasteiger partial charge in [-0.3, -0.25) is 14.9 Å². The lowest BCUT2D eigenvalue weighted by Crippen LogP contribution is -2.42. The van der Waals surface area contributed by atoms with Crippen LogP contribution in [0.1, 0.15) is 31.1 Å².